The van der Waals surface area contributed by atoms with Crippen molar-refractivity contribution in [2.75, 3.05) is 24.2 Å². The number of hydrogen-bond acceptors (Lipinski definition) is 7. The number of rotatable bonds is 4. The lowest BCUT2D eigenvalue weighted by Gasteiger charge is -2.34. The predicted molar refractivity (Wildman–Crippen MR) is 65.1 cm³/mol. The van der Waals surface area contributed by atoms with Crippen LogP contribution in [-0.4, -0.2) is 39.7 Å². The Morgan fingerprint density at radius 2 is 2.33 bits per heavy atom. The van der Waals surface area contributed by atoms with E-state index in [1.165, 1.54) is 0 Å². The standard InChI is InChI=1S/C10H15N5O3/c1-14(5-6-2-7(16)3-6)9-8(15(17)18)4-12-10(11)13-9/h4,6-7,16H,2-3,5H2,1H3,(H2,11,12,13). The molecule has 2 rings (SSSR count). The van der Waals surface area contributed by atoms with Crippen molar-refractivity contribution in [2.24, 2.45) is 5.92 Å². The molecule has 8 heteroatoms. The molecule has 98 valence electrons. The minimum atomic E-state index is -0.527. The molecule has 0 aliphatic heterocycles. The van der Waals surface area contributed by atoms with Gasteiger partial charge >= 0.3 is 5.69 Å². The average Bonchev–Trinajstić information content (AvgIpc) is 2.26. The first-order valence-corrected chi connectivity index (χ1v) is 5.63. The van der Waals surface area contributed by atoms with E-state index in [0.717, 1.165) is 19.0 Å². The molecule has 1 aliphatic carbocycles. The molecule has 1 heterocycles. The van der Waals surface area contributed by atoms with E-state index in [-0.39, 0.29) is 23.6 Å². The summed E-state index contributed by atoms with van der Waals surface area (Å²) in [6, 6.07) is 0. The number of hydrogen-bond donors (Lipinski definition) is 2. The number of aliphatic hydroxyl groups is 1. The first-order chi connectivity index (χ1) is 8.47. The minimum Gasteiger partial charge on any atom is -0.393 e. The lowest BCUT2D eigenvalue weighted by molar-refractivity contribution is -0.384. The van der Waals surface area contributed by atoms with Gasteiger partial charge in [-0.05, 0) is 18.8 Å². The predicted octanol–water partition coefficient (Wildman–Crippen LogP) is 0.174. The Morgan fingerprint density at radius 3 is 2.89 bits per heavy atom. The third-order valence-corrected chi connectivity index (χ3v) is 3.07. The Kier molecular flexibility index (Phi) is 3.28. The molecular formula is C10H15N5O3. The van der Waals surface area contributed by atoms with Gasteiger partial charge in [-0.2, -0.15) is 4.98 Å². The van der Waals surface area contributed by atoms with Crippen molar-refractivity contribution < 1.29 is 10.0 Å². The van der Waals surface area contributed by atoms with E-state index in [9.17, 15) is 15.2 Å². The van der Waals surface area contributed by atoms with Crippen molar-refractivity contribution in [2.45, 2.75) is 18.9 Å². The highest BCUT2D eigenvalue weighted by Crippen LogP contribution is 2.31. The van der Waals surface area contributed by atoms with Crippen LogP contribution in [0, 0.1) is 16.0 Å². The van der Waals surface area contributed by atoms with E-state index in [0.29, 0.717) is 12.5 Å². The summed E-state index contributed by atoms with van der Waals surface area (Å²) in [4.78, 5) is 19.6. The molecule has 1 aromatic heterocycles. The second kappa shape index (κ2) is 4.73. The number of nitrogen functional groups attached to an aromatic ring is 1. The van der Waals surface area contributed by atoms with Crippen molar-refractivity contribution in [1.82, 2.24) is 9.97 Å². The van der Waals surface area contributed by atoms with Gasteiger partial charge in [-0.25, -0.2) is 4.98 Å². The second-order valence-electron chi connectivity index (χ2n) is 4.57. The zero-order valence-electron chi connectivity index (χ0n) is 9.98. The number of aromatic nitrogens is 2. The second-order valence-corrected chi connectivity index (χ2v) is 4.57. The summed E-state index contributed by atoms with van der Waals surface area (Å²) < 4.78 is 0. The third-order valence-electron chi connectivity index (χ3n) is 3.07. The van der Waals surface area contributed by atoms with Crippen molar-refractivity contribution >= 4 is 17.5 Å². The van der Waals surface area contributed by atoms with E-state index in [1.54, 1.807) is 11.9 Å². The molecule has 0 amide bonds. The molecule has 8 nitrogen and oxygen atoms in total. The van der Waals surface area contributed by atoms with Gasteiger partial charge in [-0.15, -0.1) is 0 Å². The van der Waals surface area contributed by atoms with Crippen LogP contribution >= 0.6 is 0 Å². The fraction of sp³-hybridized carbons (Fsp3) is 0.600. The molecule has 1 aromatic rings. The maximum Gasteiger partial charge on any atom is 0.329 e. The van der Waals surface area contributed by atoms with Gasteiger partial charge < -0.3 is 15.7 Å². The van der Waals surface area contributed by atoms with Crippen molar-refractivity contribution in [1.29, 1.82) is 0 Å². The highest BCUT2D eigenvalue weighted by molar-refractivity contribution is 5.57. The summed E-state index contributed by atoms with van der Waals surface area (Å²) in [5.41, 5.74) is 5.29. The minimum absolute atomic E-state index is 0.0103. The Labute approximate surface area is 104 Å². The van der Waals surface area contributed by atoms with Crippen molar-refractivity contribution in [3.8, 4) is 0 Å². The highest BCUT2D eigenvalue weighted by atomic mass is 16.6. The van der Waals surface area contributed by atoms with Gasteiger partial charge in [-0.3, -0.25) is 10.1 Å². The van der Waals surface area contributed by atoms with Crippen molar-refractivity contribution in [3.05, 3.63) is 16.3 Å². The summed E-state index contributed by atoms with van der Waals surface area (Å²) in [6.45, 7) is 0.606. The summed E-state index contributed by atoms with van der Waals surface area (Å²) >= 11 is 0. The number of aliphatic hydroxyl groups excluding tert-OH is 1. The Morgan fingerprint density at radius 1 is 1.67 bits per heavy atom. The zero-order valence-corrected chi connectivity index (χ0v) is 9.98. The smallest absolute Gasteiger partial charge is 0.329 e. The van der Waals surface area contributed by atoms with E-state index in [2.05, 4.69) is 9.97 Å². The molecule has 0 saturated heterocycles. The van der Waals surface area contributed by atoms with Crippen LogP contribution in [0.2, 0.25) is 0 Å². The number of anilines is 2. The van der Waals surface area contributed by atoms with Crippen LogP contribution in [0.5, 0.6) is 0 Å². The van der Waals surface area contributed by atoms with Crippen LogP contribution < -0.4 is 10.6 Å². The fourth-order valence-corrected chi connectivity index (χ4v) is 2.11. The van der Waals surface area contributed by atoms with Crippen LogP contribution in [0.25, 0.3) is 0 Å². The Balaban J connectivity index is 2.15. The van der Waals surface area contributed by atoms with Crippen LogP contribution in [-0.2, 0) is 0 Å². The molecule has 0 bridgehead atoms. The number of nitrogens with two attached hydrogens (primary N) is 1. The van der Waals surface area contributed by atoms with Gasteiger partial charge in [0.1, 0.15) is 6.20 Å². The third kappa shape index (κ3) is 2.48. The molecule has 1 saturated carbocycles. The average molecular weight is 253 g/mol. The first kappa shape index (κ1) is 12.5. The zero-order chi connectivity index (χ0) is 13.3. The monoisotopic (exact) mass is 253 g/mol. The van der Waals surface area contributed by atoms with Gasteiger partial charge in [0.25, 0.3) is 0 Å². The number of nitro groups is 1. The molecule has 1 aliphatic rings. The van der Waals surface area contributed by atoms with Crippen LogP contribution in [0.1, 0.15) is 12.8 Å². The van der Waals surface area contributed by atoms with Crippen LogP contribution in [0.3, 0.4) is 0 Å². The molecule has 0 radical (unpaired) electrons. The maximum atomic E-state index is 10.9. The normalized spacial score (nSPS) is 22.3. The number of nitrogens with zero attached hydrogens (tertiary/aromatic N) is 4. The van der Waals surface area contributed by atoms with Gasteiger partial charge in [0.05, 0.1) is 11.0 Å². The highest BCUT2D eigenvalue weighted by Gasteiger charge is 2.30. The van der Waals surface area contributed by atoms with E-state index in [1.807, 2.05) is 0 Å². The van der Waals surface area contributed by atoms with Gasteiger partial charge in [0, 0.05) is 13.6 Å². The SMILES string of the molecule is CN(CC1CC(O)C1)c1nc(N)ncc1[N+](=O)[O-]. The fourth-order valence-electron chi connectivity index (χ4n) is 2.11. The van der Waals surface area contributed by atoms with Gasteiger partial charge in [0.2, 0.25) is 11.8 Å². The van der Waals surface area contributed by atoms with Crippen LogP contribution in [0.4, 0.5) is 17.5 Å². The molecule has 0 aromatic carbocycles. The summed E-state index contributed by atoms with van der Waals surface area (Å²) in [6.07, 6.45) is 2.31. The summed E-state index contributed by atoms with van der Waals surface area (Å²) in [7, 11) is 1.72. The van der Waals surface area contributed by atoms with E-state index < -0.39 is 4.92 Å². The Hall–Kier alpha value is -1.96. The lowest BCUT2D eigenvalue weighted by atomic mass is 9.82. The quantitative estimate of drug-likeness (QED) is 0.580. The summed E-state index contributed by atoms with van der Waals surface area (Å²) in [5.74, 6) is 0.561. The Bertz CT molecular complexity index is 461. The molecule has 0 atom stereocenters. The van der Waals surface area contributed by atoms with E-state index >= 15 is 0 Å². The molecule has 1 fully saturated rings. The topological polar surface area (TPSA) is 118 Å². The van der Waals surface area contributed by atoms with Gasteiger partial charge in [0.15, 0.2) is 0 Å². The molecule has 0 spiro atoms. The molecule has 0 unspecified atom stereocenters. The van der Waals surface area contributed by atoms with Gasteiger partial charge in [-0.1, -0.05) is 0 Å². The lowest BCUT2D eigenvalue weighted by Crippen LogP contribution is -2.37. The molecule has 18 heavy (non-hydrogen) atoms. The van der Waals surface area contributed by atoms with E-state index in [4.69, 9.17) is 5.73 Å². The molecular weight excluding hydrogens is 238 g/mol. The molecule has 3 N–H and O–H groups in total. The largest absolute Gasteiger partial charge is 0.393 e. The van der Waals surface area contributed by atoms with Crippen molar-refractivity contribution in [3.63, 3.8) is 0 Å². The first-order valence-electron chi connectivity index (χ1n) is 5.63. The maximum absolute atomic E-state index is 10.9. The van der Waals surface area contributed by atoms with Crippen LogP contribution in [0.15, 0.2) is 6.20 Å². The summed E-state index contributed by atoms with van der Waals surface area (Å²) in [5, 5.41) is 20.1.